The average Bonchev–Trinajstić information content (AvgIpc) is 2.27. The van der Waals surface area contributed by atoms with Crippen LogP contribution in [0, 0.1) is 6.92 Å². The summed E-state index contributed by atoms with van der Waals surface area (Å²) < 4.78 is 19.9. The zero-order valence-corrected chi connectivity index (χ0v) is 13.1. The van der Waals surface area contributed by atoms with E-state index in [4.69, 9.17) is 4.74 Å². The summed E-state index contributed by atoms with van der Waals surface area (Å²) in [6.07, 6.45) is 1.84. The van der Waals surface area contributed by atoms with Crippen LogP contribution >= 0.6 is 0 Å². The summed E-state index contributed by atoms with van der Waals surface area (Å²) in [5, 5.41) is 0. The van der Waals surface area contributed by atoms with Crippen molar-refractivity contribution >= 4 is 11.4 Å². The molecule has 0 amide bonds. The first kappa shape index (κ1) is 16.3. The number of aromatic nitrogens is 1. The highest BCUT2D eigenvalue weighted by Gasteiger charge is 2.28. The number of nitrogens with zero attached hydrogens (tertiary/aromatic N) is 1. The highest BCUT2D eigenvalue weighted by Crippen LogP contribution is 2.20. The summed E-state index contributed by atoms with van der Waals surface area (Å²) in [5.41, 5.74) is 0.966. The minimum absolute atomic E-state index is 0.0533. The van der Waals surface area contributed by atoms with Crippen molar-refractivity contribution in [3.63, 3.8) is 0 Å². The molecule has 0 aliphatic carbocycles. The second-order valence-electron chi connectivity index (χ2n) is 5.46. The van der Waals surface area contributed by atoms with E-state index in [1.807, 2.05) is 46.8 Å². The molecule has 1 radical (unpaired) electrons. The summed E-state index contributed by atoms with van der Waals surface area (Å²) in [7, 11) is 0. The second kappa shape index (κ2) is 6.59. The maximum absolute atomic E-state index is 12.0. The largest absolute Gasteiger partial charge is 0.598 e. The van der Waals surface area contributed by atoms with Gasteiger partial charge in [0.2, 0.25) is 5.88 Å². The first-order valence-electron chi connectivity index (χ1n) is 6.36. The Labute approximate surface area is 119 Å². The van der Waals surface area contributed by atoms with Gasteiger partial charge >= 0.3 is 0 Å². The van der Waals surface area contributed by atoms with Crippen molar-refractivity contribution in [1.29, 1.82) is 0 Å². The van der Waals surface area contributed by atoms with Crippen molar-refractivity contribution < 1.29 is 9.29 Å². The maximum Gasteiger partial charge on any atom is 0.213 e. The molecule has 1 heterocycles. The van der Waals surface area contributed by atoms with Gasteiger partial charge in [-0.25, -0.2) is 4.98 Å². The number of hydrogen-bond donors (Lipinski definition) is 1. The number of hydrogen-bond acceptors (Lipinski definition) is 4. The molecule has 19 heavy (non-hydrogen) atoms. The first-order chi connectivity index (χ1) is 8.70. The normalized spacial score (nSPS) is 15.4. The van der Waals surface area contributed by atoms with Gasteiger partial charge in [0.25, 0.3) is 0 Å². The summed E-state index contributed by atoms with van der Waals surface area (Å²) in [6.45, 7) is 13.4. The molecule has 2 atom stereocenters. The molecular weight excluding hydrogens is 260 g/mol. The summed E-state index contributed by atoms with van der Waals surface area (Å²) in [4.78, 5) is 4.23. The van der Waals surface area contributed by atoms with Crippen LogP contribution in [-0.2, 0) is 11.4 Å². The highest BCUT2D eigenvalue weighted by atomic mass is 32.2. The standard InChI is InChI=1S/C14H23N2O2S/c1-10(2)18-13-8-7-12(9-15-13)11(3)16-19(17)14(4,5)6/h7-11,16H,4H2,1-3,5-6H3/t11-,19?/m0/s1. The van der Waals surface area contributed by atoms with E-state index in [-0.39, 0.29) is 12.1 Å². The Hall–Kier alpha value is -0.780. The third-order valence-electron chi connectivity index (χ3n) is 2.40. The summed E-state index contributed by atoms with van der Waals surface area (Å²) >= 11 is -1.20. The lowest BCUT2D eigenvalue weighted by Gasteiger charge is -2.26. The lowest BCUT2D eigenvalue weighted by Crippen LogP contribution is -2.40. The zero-order chi connectivity index (χ0) is 14.6. The molecule has 1 aromatic heterocycles. The molecule has 0 aliphatic rings. The highest BCUT2D eigenvalue weighted by molar-refractivity contribution is 7.90. The van der Waals surface area contributed by atoms with E-state index in [0.717, 1.165) is 5.56 Å². The van der Waals surface area contributed by atoms with Crippen LogP contribution in [0.4, 0.5) is 0 Å². The Bertz CT molecular complexity index is 387. The van der Waals surface area contributed by atoms with Gasteiger partial charge in [-0.05, 0) is 40.2 Å². The monoisotopic (exact) mass is 283 g/mol. The van der Waals surface area contributed by atoms with Crippen LogP contribution in [0.5, 0.6) is 5.88 Å². The van der Waals surface area contributed by atoms with Crippen LogP contribution in [0.15, 0.2) is 18.3 Å². The van der Waals surface area contributed by atoms with Crippen molar-refractivity contribution in [3.05, 3.63) is 30.8 Å². The molecule has 1 unspecified atom stereocenters. The van der Waals surface area contributed by atoms with E-state index in [0.29, 0.717) is 5.88 Å². The Balaban J connectivity index is 2.65. The second-order valence-corrected chi connectivity index (χ2v) is 7.34. The number of rotatable bonds is 6. The van der Waals surface area contributed by atoms with Gasteiger partial charge in [0.15, 0.2) is 0 Å². The molecule has 107 valence electrons. The Kier molecular flexibility index (Phi) is 5.64. The molecular formula is C14H23N2O2S. The molecule has 1 rings (SSSR count). The molecule has 0 bridgehead atoms. The molecule has 1 aromatic rings. The van der Waals surface area contributed by atoms with Gasteiger partial charge in [0.1, 0.15) is 4.75 Å². The minimum atomic E-state index is -1.20. The van der Waals surface area contributed by atoms with Gasteiger partial charge < -0.3 is 9.29 Å². The van der Waals surface area contributed by atoms with Crippen LogP contribution in [0.2, 0.25) is 0 Å². The lowest BCUT2D eigenvalue weighted by atomic mass is 10.2. The van der Waals surface area contributed by atoms with E-state index in [1.54, 1.807) is 6.20 Å². The topological polar surface area (TPSA) is 57.2 Å². The first-order valence-corrected chi connectivity index (χ1v) is 7.51. The van der Waals surface area contributed by atoms with Crippen LogP contribution in [0.3, 0.4) is 0 Å². The van der Waals surface area contributed by atoms with Gasteiger partial charge in [-0.15, -0.1) is 4.72 Å². The molecule has 0 spiro atoms. The van der Waals surface area contributed by atoms with Crippen molar-refractivity contribution in [1.82, 2.24) is 9.71 Å². The summed E-state index contributed by atoms with van der Waals surface area (Å²) in [6, 6.07) is 3.70. The predicted octanol–water partition coefficient (Wildman–Crippen LogP) is 2.80. The smallest absolute Gasteiger partial charge is 0.213 e. The quantitative estimate of drug-likeness (QED) is 0.816. The third-order valence-corrected chi connectivity index (χ3v) is 3.97. The molecule has 1 N–H and O–H groups in total. The molecule has 0 aliphatic heterocycles. The van der Waals surface area contributed by atoms with Crippen molar-refractivity contribution in [2.45, 2.75) is 51.5 Å². The molecule has 0 aromatic carbocycles. The fourth-order valence-corrected chi connectivity index (χ4v) is 2.12. The van der Waals surface area contributed by atoms with E-state index in [1.165, 1.54) is 0 Å². The summed E-state index contributed by atoms with van der Waals surface area (Å²) in [5.74, 6) is 0.601. The average molecular weight is 283 g/mol. The van der Waals surface area contributed by atoms with Crippen molar-refractivity contribution in [3.8, 4) is 5.88 Å². The van der Waals surface area contributed by atoms with Crippen LogP contribution in [-0.4, -0.2) is 20.4 Å². The molecule has 4 nitrogen and oxygen atoms in total. The minimum Gasteiger partial charge on any atom is -0.598 e. The van der Waals surface area contributed by atoms with Gasteiger partial charge in [0.05, 0.1) is 12.1 Å². The number of ether oxygens (including phenoxy) is 1. The van der Waals surface area contributed by atoms with Gasteiger partial charge in [-0.3, -0.25) is 0 Å². The fraction of sp³-hybridized carbons (Fsp3) is 0.571. The van der Waals surface area contributed by atoms with Crippen LogP contribution < -0.4 is 9.46 Å². The lowest BCUT2D eigenvalue weighted by molar-refractivity contribution is 0.232. The van der Waals surface area contributed by atoms with Crippen molar-refractivity contribution in [2.75, 3.05) is 0 Å². The zero-order valence-electron chi connectivity index (χ0n) is 12.3. The molecule has 5 heteroatoms. The third kappa shape index (κ3) is 5.38. The number of pyridine rings is 1. The Morgan fingerprint density at radius 1 is 1.37 bits per heavy atom. The van der Waals surface area contributed by atoms with Gasteiger partial charge in [-0.1, -0.05) is 6.07 Å². The van der Waals surface area contributed by atoms with Crippen molar-refractivity contribution in [2.24, 2.45) is 0 Å². The Morgan fingerprint density at radius 3 is 2.42 bits per heavy atom. The van der Waals surface area contributed by atoms with E-state index in [2.05, 4.69) is 16.6 Å². The predicted molar refractivity (Wildman–Crippen MR) is 79.1 cm³/mol. The fourth-order valence-electron chi connectivity index (χ4n) is 1.35. The van der Waals surface area contributed by atoms with Crippen LogP contribution in [0.1, 0.15) is 46.2 Å². The maximum atomic E-state index is 12.0. The van der Waals surface area contributed by atoms with Crippen LogP contribution in [0.25, 0.3) is 0 Å². The number of nitrogens with one attached hydrogen (secondary N) is 1. The Morgan fingerprint density at radius 2 is 2.00 bits per heavy atom. The van der Waals surface area contributed by atoms with Gasteiger partial charge in [-0.2, -0.15) is 0 Å². The molecule has 0 fully saturated rings. The molecule has 0 saturated carbocycles. The molecule has 0 saturated heterocycles. The van der Waals surface area contributed by atoms with E-state index in [9.17, 15) is 4.55 Å². The van der Waals surface area contributed by atoms with Gasteiger partial charge in [0, 0.05) is 30.5 Å². The SMILES string of the molecule is [CH2]C(C)(C)[S+]([O-])N[C@@H](C)c1ccc(OC(C)C)nc1. The van der Waals surface area contributed by atoms with E-state index < -0.39 is 16.1 Å². The van der Waals surface area contributed by atoms with E-state index >= 15 is 0 Å².